The van der Waals surface area contributed by atoms with Crippen molar-refractivity contribution in [3.8, 4) is 0 Å². The second kappa shape index (κ2) is 3.97. The molecule has 2 rings (SSSR count). The summed E-state index contributed by atoms with van der Waals surface area (Å²) in [5.41, 5.74) is 3.49. The molecule has 0 atom stereocenters. The van der Waals surface area contributed by atoms with Crippen LogP contribution in [-0.4, -0.2) is 10.2 Å². The molecule has 0 bridgehead atoms. The lowest BCUT2D eigenvalue weighted by atomic mass is 10.0. The summed E-state index contributed by atoms with van der Waals surface area (Å²) in [5.74, 6) is 0. The molecule has 0 spiro atoms. The van der Waals surface area contributed by atoms with Gasteiger partial charge in [0.1, 0.15) is 0 Å². The molecular formula is C13H16N2. The zero-order chi connectivity index (χ0) is 10.8. The Balaban J connectivity index is 2.80. The number of hydrogen-bond acceptors (Lipinski definition) is 2. The molecule has 0 unspecified atom stereocenters. The average molecular weight is 200 g/mol. The number of fused-ring (bicyclic) bond motifs is 1. The second-order valence-electron chi connectivity index (χ2n) is 3.85. The number of benzene rings is 1. The largest absolute Gasteiger partial charge is 0.155 e. The lowest BCUT2D eigenvalue weighted by Gasteiger charge is -2.07. The van der Waals surface area contributed by atoms with Crippen LogP contribution in [0.5, 0.6) is 0 Å². The van der Waals surface area contributed by atoms with Gasteiger partial charge in [-0.25, -0.2) is 0 Å². The minimum absolute atomic E-state index is 0.941. The molecule has 2 aromatic rings. The highest BCUT2D eigenvalue weighted by Gasteiger charge is 2.06. The maximum Gasteiger partial charge on any atom is 0.0706 e. The van der Waals surface area contributed by atoms with Crippen LogP contribution in [0.1, 0.15) is 30.8 Å². The summed E-state index contributed by atoms with van der Waals surface area (Å²) in [4.78, 5) is 0. The molecule has 0 fully saturated rings. The Morgan fingerprint density at radius 2 is 1.53 bits per heavy atom. The molecule has 2 heteroatoms. The quantitative estimate of drug-likeness (QED) is 0.744. The number of nitrogens with zero attached hydrogens (tertiary/aromatic N) is 2. The van der Waals surface area contributed by atoms with E-state index in [9.17, 15) is 0 Å². The van der Waals surface area contributed by atoms with Crippen LogP contribution in [0, 0.1) is 6.92 Å². The van der Waals surface area contributed by atoms with Crippen LogP contribution < -0.4 is 0 Å². The van der Waals surface area contributed by atoms with Gasteiger partial charge in [0.2, 0.25) is 0 Å². The van der Waals surface area contributed by atoms with Gasteiger partial charge in [-0.15, -0.1) is 0 Å². The number of hydrogen-bond donors (Lipinski definition) is 0. The predicted octanol–water partition coefficient (Wildman–Crippen LogP) is 3.06. The maximum atomic E-state index is 4.29. The molecule has 1 aromatic carbocycles. The molecule has 0 saturated carbocycles. The first kappa shape index (κ1) is 10.1. The van der Waals surface area contributed by atoms with E-state index in [1.54, 1.807) is 0 Å². The molecular weight excluding hydrogens is 184 g/mol. The van der Waals surface area contributed by atoms with E-state index in [1.165, 1.54) is 16.3 Å². The summed E-state index contributed by atoms with van der Waals surface area (Å²) in [6, 6.07) is 6.52. The van der Waals surface area contributed by atoms with Gasteiger partial charge in [-0.3, -0.25) is 0 Å². The van der Waals surface area contributed by atoms with Crippen LogP contribution in [0.15, 0.2) is 18.2 Å². The van der Waals surface area contributed by atoms with Gasteiger partial charge in [0.05, 0.1) is 11.4 Å². The average Bonchev–Trinajstić information content (AvgIpc) is 2.27. The molecule has 1 heterocycles. The molecule has 0 aliphatic heterocycles. The van der Waals surface area contributed by atoms with E-state index in [-0.39, 0.29) is 0 Å². The number of aryl methyl sites for hydroxylation is 3. The van der Waals surface area contributed by atoms with Crippen LogP contribution in [0.3, 0.4) is 0 Å². The van der Waals surface area contributed by atoms with Crippen molar-refractivity contribution in [2.45, 2.75) is 33.6 Å². The zero-order valence-corrected chi connectivity index (χ0v) is 9.54. The van der Waals surface area contributed by atoms with Crippen LogP contribution in [-0.2, 0) is 12.8 Å². The molecule has 0 aliphatic carbocycles. The third-order valence-electron chi connectivity index (χ3n) is 2.76. The summed E-state index contributed by atoms with van der Waals surface area (Å²) < 4.78 is 0. The molecule has 0 radical (unpaired) electrons. The topological polar surface area (TPSA) is 25.8 Å². The Morgan fingerprint density at radius 3 is 2.13 bits per heavy atom. The number of aromatic nitrogens is 2. The molecule has 0 N–H and O–H groups in total. The van der Waals surface area contributed by atoms with Crippen molar-refractivity contribution in [3.63, 3.8) is 0 Å². The van der Waals surface area contributed by atoms with Crippen molar-refractivity contribution in [2.75, 3.05) is 0 Å². The molecule has 0 aliphatic rings. The standard InChI is InChI=1S/C13H16N2/c1-4-12-10-7-6-9(3)8-11(10)13(5-2)15-14-12/h6-8H,4-5H2,1-3H3. The first-order valence-electron chi connectivity index (χ1n) is 5.51. The van der Waals surface area contributed by atoms with Gasteiger partial charge >= 0.3 is 0 Å². The Morgan fingerprint density at radius 1 is 0.933 bits per heavy atom. The van der Waals surface area contributed by atoms with Crippen molar-refractivity contribution in [3.05, 3.63) is 35.2 Å². The molecule has 1 aromatic heterocycles. The Kier molecular flexibility index (Phi) is 2.67. The minimum atomic E-state index is 0.941. The fourth-order valence-electron chi connectivity index (χ4n) is 1.90. The van der Waals surface area contributed by atoms with E-state index in [4.69, 9.17) is 0 Å². The van der Waals surface area contributed by atoms with Crippen molar-refractivity contribution in [1.29, 1.82) is 0 Å². The van der Waals surface area contributed by atoms with Crippen LogP contribution in [0.25, 0.3) is 10.8 Å². The maximum absolute atomic E-state index is 4.29. The van der Waals surface area contributed by atoms with E-state index in [1.807, 2.05) is 0 Å². The highest BCUT2D eigenvalue weighted by atomic mass is 15.1. The normalized spacial score (nSPS) is 10.9. The summed E-state index contributed by atoms with van der Waals surface area (Å²) >= 11 is 0. The van der Waals surface area contributed by atoms with Gasteiger partial charge in [0.15, 0.2) is 0 Å². The highest BCUT2D eigenvalue weighted by Crippen LogP contribution is 2.21. The first-order valence-corrected chi connectivity index (χ1v) is 5.51. The van der Waals surface area contributed by atoms with Gasteiger partial charge in [-0.05, 0) is 25.8 Å². The van der Waals surface area contributed by atoms with E-state index in [2.05, 4.69) is 49.2 Å². The summed E-state index contributed by atoms with van der Waals surface area (Å²) in [7, 11) is 0. The molecule has 0 saturated heterocycles. The number of rotatable bonds is 2. The minimum Gasteiger partial charge on any atom is -0.155 e. The van der Waals surface area contributed by atoms with Crippen molar-refractivity contribution in [1.82, 2.24) is 10.2 Å². The van der Waals surface area contributed by atoms with E-state index >= 15 is 0 Å². The SMILES string of the molecule is CCc1nnc(CC)c2cc(C)ccc12. The third kappa shape index (κ3) is 1.72. The van der Waals surface area contributed by atoms with Gasteiger partial charge in [-0.2, -0.15) is 10.2 Å². The zero-order valence-electron chi connectivity index (χ0n) is 9.54. The summed E-state index contributed by atoms with van der Waals surface area (Å²) in [5, 5.41) is 11.1. The van der Waals surface area contributed by atoms with Gasteiger partial charge in [-0.1, -0.05) is 31.5 Å². The smallest absolute Gasteiger partial charge is 0.0706 e. The lowest BCUT2D eigenvalue weighted by molar-refractivity contribution is 0.884. The molecule has 78 valence electrons. The Hall–Kier alpha value is -1.44. The first-order chi connectivity index (χ1) is 7.26. The fraction of sp³-hybridized carbons (Fsp3) is 0.385. The lowest BCUT2D eigenvalue weighted by Crippen LogP contribution is -1.98. The third-order valence-corrected chi connectivity index (χ3v) is 2.76. The van der Waals surface area contributed by atoms with Crippen molar-refractivity contribution >= 4 is 10.8 Å². The highest BCUT2D eigenvalue weighted by molar-refractivity contribution is 5.86. The van der Waals surface area contributed by atoms with Gasteiger partial charge < -0.3 is 0 Å². The molecule has 2 nitrogen and oxygen atoms in total. The van der Waals surface area contributed by atoms with Crippen molar-refractivity contribution in [2.24, 2.45) is 0 Å². The van der Waals surface area contributed by atoms with Crippen molar-refractivity contribution < 1.29 is 0 Å². The van der Waals surface area contributed by atoms with E-state index < -0.39 is 0 Å². The van der Waals surface area contributed by atoms with Crippen LogP contribution in [0.4, 0.5) is 0 Å². The fourth-order valence-corrected chi connectivity index (χ4v) is 1.90. The van der Waals surface area contributed by atoms with Gasteiger partial charge in [0, 0.05) is 10.8 Å². The molecule has 15 heavy (non-hydrogen) atoms. The van der Waals surface area contributed by atoms with Crippen LogP contribution >= 0.6 is 0 Å². The Bertz CT molecular complexity index is 489. The predicted molar refractivity (Wildman–Crippen MR) is 63.0 cm³/mol. The van der Waals surface area contributed by atoms with E-state index in [0.29, 0.717) is 0 Å². The second-order valence-corrected chi connectivity index (χ2v) is 3.85. The van der Waals surface area contributed by atoms with Gasteiger partial charge in [0.25, 0.3) is 0 Å². The monoisotopic (exact) mass is 200 g/mol. The Labute approximate surface area is 90.3 Å². The summed E-state index contributed by atoms with van der Waals surface area (Å²) in [6.45, 7) is 6.36. The molecule has 0 amide bonds. The van der Waals surface area contributed by atoms with Crippen LogP contribution in [0.2, 0.25) is 0 Å². The summed E-state index contributed by atoms with van der Waals surface area (Å²) in [6.07, 6.45) is 1.88. The van der Waals surface area contributed by atoms with E-state index in [0.717, 1.165) is 24.2 Å².